The van der Waals surface area contributed by atoms with Crippen molar-refractivity contribution in [1.29, 1.82) is 0 Å². The molecule has 0 unspecified atom stereocenters. The van der Waals surface area contributed by atoms with E-state index in [-0.39, 0.29) is 19.0 Å². The van der Waals surface area contributed by atoms with Crippen molar-refractivity contribution in [2.45, 2.75) is 110 Å². The molecule has 0 heterocycles. The van der Waals surface area contributed by atoms with Crippen LogP contribution in [0.5, 0.6) is 0 Å². The molecule has 176 valence electrons. The highest BCUT2D eigenvalue weighted by molar-refractivity contribution is 9.12. The normalized spacial score (nSPS) is 13.2. The number of hydrogen-bond donors (Lipinski definition) is 0. The largest absolute Gasteiger partial charge is 0.314 e. The zero-order chi connectivity index (χ0) is 22.6. The van der Waals surface area contributed by atoms with Gasteiger partial charge in [-0.05, 0) is 28.1 Å². The molecule has 0 radical (unpaired) electrons. The van der Waals surface area contributed by atoms with E-state index in [1.807, 2.05) is 0 Å². The van der Waals surface area contributed by atoms with Crippen molar-refractivity contribution in [2.75, 3.05) is 5.75 Å². The number of rotatable bonds is 20. The molecule has 0 fully saturated rings. The van der Waals surface area contributed by atoms with E-state index in [0.29, 0.717) is 0 Å². The van der Waals surface area contributed by atoms with Crippen molar-refractivity contribution < 1.29 is 4.92 Å². The first-order valence-corrected chi connectivity index (χ1v) is 14.2. The van der Waals surface area contributed by atoms with Gasteiger partial charge in [-0.25, -0.2) is 0 Å². The Labute approximate surface area is 211 Å². The van der Waals surface area contributed by atoms with E-state index in [1.165, 1.54) is 102 Å². The lowest BCUT2D eigenvalue weighted by Gasteiger charge is -2.04. The second-order valence-corrected chi connectivity index (χ2v) is 11.3. The van der Waals surface area contributed by atoms with E-state index >= 15 is 0 Å². The van der Waals surface area contributed by atoms with Crippen molar-refractivity contribution in [2.24, 2.45) is 0 Å². The number of nitro groups is 1. The average molecular weight is 566 g/mol. The SMILES string of the molecule is CCCCCCCCCCCCCCCCCCS/C(Cl)=C(/C(Cl)=C(\Cl)Br)[N+](=O)[O-]. The van der Waals surface area contributed by atoms with Crippen molar-refractivity contribution in [3.05, 3.63) is 29.1 Å². The molecule has 0 aliphatic carbocycles. The summed E-state index contributed by atoms with van der Waals surface area (Å²) >= 11 is 21.8. The molecule has 0 aliphatic rings. The van der Waals surface area contributed by atoms with Crippen LogP contribution >= 0.6 is 62.5 Å². The van der Waals surface area contributed by atoms with Crippen molar-refractivity contribution in [3.63, 3.8) is 0 Å². The van der Waals surface area contributed by atoms with Gasteiger partial charge in [0, 0.05) is 0 Å². The molecule has 0 saturated carbocycles. The van der Waals surface area contributed by atoms with Gasteiger partial charge in [0.05, 0.1) is 4.92 Å². The first-order valence-electron chi connectivity index (χ1n) is 11.3. The Hall–Kier alpha value is 0.580. The fourth-order valence-corrected chi connectivity index (χ4v) is 4.99. The summed E-state index contributed by atoms with van der Waals surface area (Å²) in [5.74, 6) is 0.735. The summed E-state index contributed by atoms with van der Waals surface area (Å²) < 4.78 is 0.0561. The number of hydrogen-bond acceptors (Lipinski definition) is 3. The van der Waals surface area contributed by atoms with Crippen molar-refractivity contribution >= 4 is 62.5 Å². The standard InChI is InChI=1S/C22H37BrCl3NO2S/c1-2-3-4-5-6-7-8-9-10-11-12-13-14-15-16-17-18-30-22(26)20(27(28)29)19(24)21(23)25/h2-18H2,1H3/b21-19+,22-20-. The lowest BCUT2D eigenvalue weighted by molar-refractivity contribution is -0.419. The van der Waals surface area contributed by atoms with Crippen LogP contribution in [0.1, 0.15) is 110 Å². The highest BCUT2D eigenvalue weighted by Crippen LogP contribution is 2.35. The van der Waals surface area contributed by atoms with Gasteiger partial charge >= 0.3 is 5.70 Å². The maximum atomic E-state index is 11.1. The van der Waals surface area contributed by atoms with Gasteiger partial charge < -0.3 is 0 Å². The summed E-state index contributed by atoms with van der Waals surface area (Å²) in [4.78, 5) is 10.5. The molecule has 0 aliphatic heterocycles. The Kier molecular flexibility index (Phi) is 21.8. The Morgan fingerprint density at radius 1 is 0.767 bits per heavy atom. The fourth-order valence-electron chi connectivity index (χ4n) is 3.21. The van der Waals surface area contributed by atoms with Crippen LogP contribution in [-0.4, -0.2) is 10.7 Å². The van der Waals surface area contributed by atoms with Gasteiger partial charge in [-0.15, -0.1) is 11.8 Å². The van der Waals surface area contributed by atoms with E-state index in [1.54, 1.807) is 0 Å². The molecule has 8 heteroatoms. The van der Waals surface area contributed by atoms with Crippen molar-refractivity contribution in [1.82, 2.24) is 0 Å². The Morgan fingerprint density at radius 3 is 1.47 bits per heavy atom. The van der Waals surface area contributed by atoms with E-state index < -0.39 is 4.92 Å². The van der Waals surface area contributed by atoms with Gasteiger partial charge in [0.1, 0.15) is 8.97 Å². The lowest BCUT2D eigenvalue weighted by Crippen LogP contribution is -2.01. The van der Waals surface area contributed by atoms with Gasteiger partial charge in [-0.2, -0.15) is 0 Å². The van der Waals surface area contributed by atoms with Crippen LogP contribution < -0.4 is 0 Å². The highest BCUT2D eigenvalue weighted by Gasteiger charge is 2.24. The third-order valence-corrected chi connectivity index (χ3v) is 7.69. The molecule has 0 rings (SSSR count). The van der Waals surface area contributed by atoms with Gasteiger partial charge in [0.25, 0.3) is 0 Å². The first kappa shape index (κ1) is 30.6. The van der Waals surface area contributed by atoms with Gasteiger partial charge in [0.2, 0.25) is 0 Å². The highest BCUT2D eigenvalue weighted by atomic mass is 79.9. The predicted octanol–water partition coefficient (Wildman–Crippen LogP) is 10.7. The van der Waals surface area contributed by atoms with E-state index in [9.17, 15) is 10.1 Å². The van der Waals surface area contributed by atoms with E-state index in [4.69, 9.17) is 34.8 Å². The second kappa shape index (κ2) is 21.4. The Morgan fingerprint density at radius 2 is 1.13 bits per heavy atom. The molecule has 0 aromatic heterocycles. The van der Waals surface area contributed by atoms with E-state index in [0.717, 1.165) is 18.6 Å². The molecule has 3 nitrogen and oxygen atoms in total. The summed E-state index contributed by atoms with van der Waals surface area (Å²) in [5.41, 5.74) is -0.346. The first-order chi connectivity index (χ1) is 14.4. The fraction of sp³-hybridized carbons (Fsp3) is 0.818. The van der Waals surface area contributed by atoms with Crippen LogP contribution in [0.2, 0.25) is 0 Å². The topological polar surface area (TPSA) is 43.1 Å². The molecule has 0 N–H and O–H groups in total. The minimum absolute atomic E-state index is 0.0166. The molecular formula is C22H37BrCl3NO2S. The molecule has 0 saturated heterocycles. The average Bonchev–Trinajstić information content (AvgIpc) is 2.70. The monoisotopic (exact) mass is 563 g/mol. The van der Waals surface area contributed by atoms with Crippen LogP contribution in [0.25, 0.3) is 0 Å². The summed E-state index contributed by atoms with van der Waals surface area (Å²) in [5, 5.41) is 10.9. The third kappa shape index (κ3) is 17.2. The molecule has 0 aromatic carbocycles. The van der Waals surface area contributed by atoms with Gasteiger partial charge in [-0.3, -0.25) is 10.1 Å². The maximum absolute atomic E-state index is 11.1. The summed E-state index contributed by atoms with van der Waals surface area (Å²) in [6.07, 6.45) is 21.1. The Balaban J connectivity index is 3.59. The van der Waals surface area contributed by atoms with E-state index in [2.05, 4.69) is 22.9 Å². The molecule has 0 aromatic rings. The lowest BCUT2D eigenvalue weighted by atomic mass is 10.0. The number of allylic oxidation sites excluding steroid dienone is 1. The third-order valence-electron chi connectivity index (χ3n) is 4.97. The zero-order valence-corrected chi connectivity index (χ0v) is 22.9. The molecule has 0 atom stereocenters. The maximum Gasteiger partial charge on any atom is 0.314 e. The number of thioether (sulfide) groups is 1. The predicted molar refractivity (Wildman–Crippen MR) is 140 cm³/mol. The summed E-state index contributed by atoms with van der Waals surface area (Å²) in [6, 6.07) is 0. The number of halogens is 4. The second-order valence-electron chi connectivity index (χ2n) is 7.61. The summed E-state index contributed by atoms with van der Waals surface area (Å²) in [6.45, 7) is 2.27. The van der Waals surface area contributed by atoms with Crippen LogP contribution in [-0.2, 0) is 0 Å². The quantitative estimate of drug-likeness (QED) is 0.0638. The Bertz CT molecular complexity index is 527. The van der Waals surface area contributed by atoms with Gasteiger partial charge in [0.15, 0.2) is 4.36 Å². The molecule has 30 heavy (non-hydrogen) atoms. The van der Waals surface area contributed by atoms with Crippen molar-refractivity contribution in [3.8, 4) is 0 Å². The number of nitrogens with zero attached hydrogens (tertiary/aromatic N) is 1. The summed E-state index contributed by atoms with van der Waals surface area (Å²) in [7, 11) is 0. The van der Waals surface area contributed by atoms with Crippen LogP contribution in [0.4, 0.5) is 0 Å². The molecular weight excluding hydrogens is 529 g/mol. The molecule has 0 bridgehead atoms. The minimum atomic E-state index is -0.602. The van der Waals surface area contributed by atoms with Crippen LogP contribution in [0.3, 0.4) is 0 Å². The molecule has 0 spiro atoms. The number of unbranched alkanes of at least 4 members (excludes halogenated alkanes) is 15. The van der Waals surface area contributed by atoms with Crippen LogP contribution in [0.15, 0.2) is 19.0 Å². The zero-order valence-electron chi connectivity index (χ0n) is 18.2. The van der Waals surface area contributed by atoms with Crippen LogP contribution in [0, 0.1) is 10.1 Å². The van der Waals surface area contributed by atoms with Gasteiger partial charge in [-0.1, -0.05) is 138 Å². The smallest absolute Gasteiger partial charge is 0.258 e. The minimum Gasteiger partial charge on any atom is -0.258 e. The molecule has 0 amide bonds.